The number of nitrogens with zero attached hydrogens (tertiary/aromatic N) is 2. The van der Waals surface area contributed by atoms with Gasteiger partial charge in [0.15, 0.2) is 0 Å². The number of hydrogen-bond donors (Lipinski definition) is 4. The third-order valence-corrected chi connectivity index (χ3v) is 14.1. The van der Waals surface area contributed by atoms with Gasteiger partial charge >= 0.3 is 0 Å². The van der Waals surface area contributed by atoms with Gasteiger partial charge in [-0.2, -0.15) is 0 Å². The molecule has 2 aliphatic heterocycles. The predicted octanol–water partition coefficient (Wildman–Crippen LogP) is 10.2. The predicted molar refractivity (Wildman–Crippen MR) is 274 cm³/mol. The number of piperidine rings is 1. The molecule has 2 heterocycles. The second-order valence-electron chi connectivity index (χ2n) is 19.1. The Kier molecular flexibility index (Phi) is 16.2. The molecular formula is C60H68N4O4. The maximum Gasteiger partial charge on any atom is 0.232 e. The molecular weight excluding hydrogens is 841 g/mol. The van der Waals surface area contributed by atoms with Crippen molar-refractivity contribution in [1.29, 1.82) is 0 Å². The van der Waals surface area contributed by atoms with Crippen LogP contribution in [0.3, 0.4) is 0 Å². The molecule has 0 spiro atoms. The van der Waals surface area contributed by atoms with Crippen molar-refractivity contribution in [3.63, 3.8) is 0 Å². The van der Waals surface area contributed by atoms with Crippen molar-refractivity contribution in [2.24, 2.45) is 0 Å². The highest BCUT2D eigenvalue weighted by atomic mass is 16.3. The molecule has 1 fully saturated rings. The van der Waals surface area contributed by atoms with E-state index in [1.54, 1.807) is 0 Å². The van der Waals surface area contributed by atoms with Gasteiger partial charge in [-0.25, -0.2) is 0 Å². The smallest absolute Gasteiger partial charge is 0.232 e. The number of aryl methyl sites for hydroxylation is 3. The van der Waals surface area contributed by atoms with Crippen LogP contribution in [0, 0.1) is 20.8 Å². The molecule has 352 valence electrons. The second kappa shape index (κ2) is 23.0. The van der Waals surface area contributed by atoms with Crippen molar-refractivity contribution in [3.05, 3.63) is 225 Å². The van der Waals surface area contributed by atoms with Gasteiger partial charge < -0.3 is 30.6 Å². The minimum Gasteiger partial charge on any atom is -0.510 e. The summed E-state index contributed by atoms with van der Waals surface area (Å²) in [7, 11) is 0. The quantitative estimate of drug-likeness (QED) is 0.0641. The molecule has 4 N–H and O–H groups in total. The van der Waals surface area contributed by atoms with Gasteiger partial charge in [0, 0.05) is 50.8 Å². The van der Waals surface area contributed by atoms with E-state index in [-0.39, 0.29) is 23.7 Å². The number of hydrogen-bond acceptors (Lipinski definition) is 6. The minimum atomic E-state index is -0.477. The molecule has 8 nitrogen and oxygen atoms in total. The molecule has 0 aliphatic carbocycles. The first-order valence-corrected chi connectivity index (χ1v) is 24.6. The topological polar surface area (TPSA) is 105 Å². The molecule has 68 heavy (non-hydrogen) atoms. The van der Waals surface area contributed by atoms with E-state index in [1.807, 2.05) is 42.6 Å². The van der Waals surface area contributed by atoms with Gasteiger partial charge in [0.1, 0.15) is 5.76 Å². The first kappa shape index (κ1) is 48.0. The van der Waals surface area contributed by atoms with Crippen LogP contribution < -0.4 is 10.6 Å². The third-order valence-electron chi connectivity index (χ3n) is 14.1. The van der Waals surface area contributed by atoms with E-state index in [0.717, 1.165) is 107 Å². The Hall–Kier alpha value is -6.48. The molecule has 8 rings (SSSR count). The molecule has 0 bridgehead atoms. The van der Waals surface area contributed by atoms with E-state index in [2.05, 4.69) is 156 Å². The summed E-state index contributed by atoms with van der Waals surface area (Å²) >= 11 is 0. The van der Waals surface area contributed by atoms with Crippen LogP contribution in [0.1, 0.15) is 111 Å². The molecule has 0 aromatic heterocycles. The summed E-state index contributed by atoms with van der Waals surface area (Å²) in [6, 6.07) is 51.8. The van der Waals surface area contributed by atoms with Gasteiger partial charge in [0.05, 0.1) is 17.9 Å². The summed E-state index contributed by atoms with van der Waals surface area (Å²) < 4.78 is 0. The number of amides is 2. The second-order valence-corrected chi connectivity index (χ2v) is 19.1. The highest BCUT2D eigenvalue weighted by Crippen LogP contribution is 2.33. The van der Waals surface area contributed by atoms with Crippen molar-refractivity contribution in [1.82, 2.24) is 20.4 Å². The van der Waals surface area contributed by atoms with Crippen LogP contribution >= 0.6 is 0 Å². The number of rotatable bonds is 18. The number of β-amino-alcohol motifs (C(OH)–C–C–N with tert-alkyl or cyclic N) is 1. The summed E-state index contributed by atoms with van der Waals surface area (Å²) in [5.41, 5.74) is 11.8. The largest absolute Gasteiger partial charge is 0.510 e. The minimum absolute atomic E-state index is 0.0204. The van der Waals surface area contributed by atoms with Crippen LogP contribution in [0.4, 0.5) is 0 Å². The monoisotopic (exact) mass is 909 g/mol. The van der Waals surface area contributed by atoms with Gasteiger partial charge in [0.25, 0.3) is 0 Å². The summed E-state index contributed by atoms with van der Waals surface area (Å²) in [6.45, 7) is 11.3. The maximum atomic E-state index is 14.2. The highest BCUT2D eigenvalue weighted by Gasteiger charge is 2.29. The fourth-order valence-electron chi connectivity index (χ4n) is 10.1. The fourth-order valence-corrected chi connectivity index (χ4v) is 10.1. The number of allylic oxidation sites excluding steroid dienone is 1. The number of nitrogens with one attached hydrogen (secondary N) is 2. The zero-order valence-corrected chi connectivity index (χ0v) is 40.0. The lowest BCUT2D eigenvalue weighted by molar-refractivity contribution is -0.122. The lowest BCUT2D eigenvalue weighted by atomic mass is 9.86. The molecule has 3 unspecified atom stereocenters. The van der Waals surface area contributed by atoms with Gasteiger partial charge in [-0.1, -0.05) is 163 Å². The summed E-state index contributed by atoms with van der Waals surface area (Å²) in [4.78, 5) is 32.7. The Morgan fingerprint density at radius 2 is 1.15 bits per heavy atom. The zero-order chi connectivity index (χ0) is 47.4. The standard InChI is InChI=1S/C60H68N4O4/c1-42-16-23-48(24-17-42)57(59(67)61-32-10-34-63-36-30-53(55(65)40-63)46-12-6-4-7-13-46)50-28-21-45(22-29-50)38-52-39-51(27-20-44(52)3)58(49-25-18-43(2)19-26-49)60(68)62-33-11-35-64-37-31-54(56(66)41-64)47-14-8-5-9-15-47/h4-9,12-29,39,41,53-55,57-58,65-66H,10-11,30-38,40H2,1-3H3,(H,61,67)(H,62,68)/t53?,54-,55+,57?,58?/m0/s1. The molecule has 2 amide bonds. The molecule has 5 atom stereocenters. The van der Waals surface area contributed by atoms with Crippen LogP contribution in [-0.4, -0.2) is 83.7 Å². The van der Waals surface area contributed by atoms with E-state index in [1.165, 1.54) is 5.56 Å². The van der Waals surface area contributed by atoms with Crippen molar-refractivity contribution < 1.29 is 19.8 Å². The van der Waals surface area contributed by atoms with Crippen molar-refractivity contribution in [2.75, 3.05) is 45.8 Å². The van der Waals surface area contributed by atoms with Crippen LogP contribution in [0.2, 0.25) is 0 Å². The summed E-state index contributed by atoms with van der Waals surface area (Å²) in [6.07, 6.45) is 5.48. The Morgan fingerprint density at radius 3 is 1.72 bits per heavy atom. The number of carbonyl (C=O) groups is 2. The fraction of sp³-hybridized carbons (Fsp3) is 0.333. The zero-order valence-electron chi connectivity index (χ0n) is 40.0. The lowest BCUT2D eigenvalue weighted by Crippen LogP contribution is -2.43. The van der Waals surface area contributed by atoms with E-state index in [0.29, 0.717) is 31.8 Å². The van der Waals surface area contributed by atoms with Gasteiger partial charge in [-0.05, 0) is 116 Å². The number of aliphatic hydroxyl groups is 2. The van der Waals surface area contributed by atoms with E-state index < -0.39 is 17.9 Å². The molecule has 8 heteroatoms. The van der Waals surface area contributed by atoms with Crippen LogP contribution in [-0.2, 0) is 16.0 Å². The number of carbonyl (C=O) groups excluding carboxylic acids is 2. The first-order chi connectivity index (χ1) is 33.1. The Bertz CT molecular complexity index is 2600. The summed E-state index contributed by atoms with van der Waals surface area (Å²) in [5, 5.41) is 28.3. The van der Waals surface area contributed by atoms with Crippen molar-refractivity contribution in [2.45, 2.75) is 82.7 Å². The lowest BCUT2D eigenvalue weighted by Gasteiger charge is -2.36. The third kappa shape index (κ3) is 12.3. The molecule has 0 radical (unpaired) electrons. The van der Waals surface area contributed by atoms with E-state index in [4.69, 9.17) is 0 Å². The number of likely N-dealkylation sites (tertiary alicyclic amines) is 1. The van der Waals surface area contributed by atoms with Crippen molar-refractivity contribution >= 4 is 11.8 Å². The number of aliphatic hydroxyl groups excluding tert-OH is 2. The van der Waals surface area contributed by atoms with Crippen LogP contribution in [0.5, 0.6) is 0 Å². The molecule has 2 aliphatic rings. The average molecular weight is 909 g/mol. The van der Waals surface area contributed by atoms with Gasteiger partial charge in [-0.3, -0.25) is 9.59 Å². The summed E-state index contributed by atoms with van der Waals surface area (Å²) in [5.74, 6) is -0.408. The van der Waals surface area contributed by atoms with Crippen molar-refractivity contribution in [3.8, 4) is 0 Å². The SMILES string of the molecule is Cc1ccc(C(C(=O)NCCCN2C=C(O)[C@H](c3ccccc3)CC2)c2ccc(C)c(Cc3ccc(C(C(=O)NCCCN4CCC(c5ccccc5)[C@H](O)C4)c4ccc(C)cc4)cc3)c2)cc1. The molecule has 6 aromatic carbocycles. The molecule has 1 saturated heterocycles. The van der Waals surface area contributed by atoms with Crippen LogP contribution in [0.15, 0.2) is 164 Å². The Labute approximate surface area is 403 Å². The normalized spacial score (nSPS) is 18.3. The first-order valence-electron chi connectivity index (χ1n) is 24.6. The maximum absolute atomic E-state index is 14.2. The van der Waals surface area contributed by atoms with E-state index in [9.17, 15) is 19.8 Å². The average Bonchev–Trinajstić information content (AvgIpc) is 3.35. The molecule has 6 aromatic rings. The van der Waals surface area contributed by atoms with Gasteiger partial charge in [0.2, 0.25) is 11.8 Å². The van der Waals surface area contributed by atoms with Crippen LogP contribution in [0.25, 0.3) is 0 Å². The number of benzene rings is 6. The highest BCUT2D eigenvalue weighted by molar-refractivity contribution is 5.88. The Balaban J connectivity index is 0.896. The van der Waals surface area contributed by atoms with E-state index >= 15 is 0 Å². The molecule has 0 saturated carbocycles. The Morgan fingerprint density at radius 1 is 0.618 bits per heavy atom. The van der Waals surface area contributed by atoms with Gasteiger partial charge in [-0.15, -0.1) is 0 Å².